The summed E-state index contributed by atoms with van der Waals surface area (Å²) in [6, 6.07) is 3.87. The number of aliphatic carboxylic acids is 1. The second kappa shape index (κ2) is 4.65. The van der Waals surface area contributed by atoms with Crippen molar-refractivity contribution in [2.24, 2.45) is 0 Å². The van der Waals surface area contributed by atoms with Gasteiger partial charge in [-0.05, 0) is 30.4 Å². The summed E-state index contributed by atoms with van der Waals surface area (Å²) in [6.45, 7) is -0.551. The van der Waals surface area contributed by atoms with Gasteiger partial charge < -0.3 is 15.2 Å². The molecule has 0 bridgehead atoms. The number of nitrogens with one attached hydrogen (secondary N) is 1. The summed E-state index contributed by atoms with van der Waals surface area (Å²) in [6.07, 6.45) is 0. The number of aromatic carboxylic acids is 1. The number of hydrogen-bond donors (Lipinski definition) is 3. The molecule has 98 valence electrons. The number of rotatable bonds is 3. The minimum Gasteiger partial charge on any atom is -0.480 e. The Kier molecular flexibility index (Phi) is 3.17. The predicted octanol–water partition coefficient (Wildman–Crippen LogP) is 0.842. The minimum absolute atomic E-state index is 0.00790. The van der Waals surface area contributed by atoms with Crippen LogP contribution in [0.2, 0.25) is 0 Å². The molecule has 0 atom stereocenters. The van der Waals surface area contributed by atoms with Gasteiger partial charge in [0.05, 0.1) is 16.5 Å². The molecule has 0 fully saturated rings. The summed E-state index contributed by atoms with van der Waals surface area (Å²) in [4.78, 5) is 36.2. The molecule has 8 heteroatoms. The van der Waals surface area contributed by atoms with Gasteiger partial charge in [0.2, 0.25) is 0 Å². The van der Waals surface area contributed by atoms with E-state index in [0.29, 0.717) is 0 Å². The van der Waals surface area contributed by atoms with E-state index in [-0.39, 0.29) is 21.2 Å². The highest BCUT2D eigenvalue weighted by Gasteiger charge is 2.10. The van der Waals surface area contributed by atoms with E-state index in [9.17, 15) is 14.4 Å². The molecule has 0 aliphatic carbocycles. The van der Waals surface area contributed by atoms with Crippen molar-refractivity contribution in [2.45, 2.75) is 6.54 Å². The maximum atomic E-state index is 12.0. The molecule has 1 aromatic heterocycles. The molecule has 2 rings (SSSR count). The lowest BCUT2D eigenvalue weighted by Gasteiger charge is -2.06. The third-order valence-corrected chi connectivity index (χ3v) is 2.84. The Labute approximate surface area is 110 Å². The van der Waals surface area contributed by atoms with E-state index in [1.165, 1.54) is 18.2 Å². The van der Waals surface area contributed by atoms with Crippen LogP contribution in [0.4, 0.5) is 0 Å². The zero-order valence-corrected chi connectivity index (χ0v) is 10.2. The summed E-state index contributed by atoms with van der Waals surface area (Å²) in [5.74, 6) is -2.32. The van der Waals surface area contributed by atoms with Crippen molar-refractivity contribution in [2.75, 3.05) is 0 Å². The van der Waals surface area contributed by atoms with E-state index in [0.717, 1.165) is 4.57 Å². The number of H-pyrrole nitrogens is 1. The lowest BCUT2D eigenvalue weighted by atomic mass is 10.1. The predicted molar refractivity (Wildman–Crippen MR) is 68.0 cm³/mol. The highest BCUT2D eigenvalue weighted by atomic mass is 32.1. The number of carboxylic acid groups (broad SMARTS) is 2. The fraction of sp³-hybridized carbons (Fsp3) is 0.0909. The smallest absolute Gasteiger partial charge is 0.335 e. The van der Waals surface area contributed by atoms with Crippen molar-refractivity contribution in [3.8, 4) is 0 Å². The van der Waals surface area contributed by atoms with E-state index in [1.807, 2.05) is 0 Å². The Morgan fingerprint density at radius 1 is 1.32 bits per heavy atom. The third-order valence-electron chi connectivity index (χ3n) is 2.52. The van der Waals surface area contributed by atoms with Crippen molar-refractivity contribution in [1.29, 1.82) is 0 Å². The first-order chi connectivity index (χ1) is 8.90. The van der Waals surface area contributed by atoms with Crippen LogP contribution in [0.15, 0.2) is 23.0 Å². The second-order valence-electron chi connectivity index (χ2n) is 3.78. The van der Waals surface area contributed by atoms with Crippen molar-refractivity contribution in [3.05, 3.63) is 38.9 Å². The Morgan fingerprint density at radius 3 is 2.58 bits per heavy atom. The third kappa shape index (κ3) is 2.38. The van der Waals surface area contributed by atoms with Crippen LogP contribution >= 0.6 is 12.2 Å². The monoisotopic (exact) mass is 280 g/mol. The lowest BCUT2D eigenvalue weighted by Crippen LogP contribution is -2.25. The molecular weight excluding hydrogens is 272 g/mol. The largest absolute Gasteiger partial charge is 0.480 e. The van der Waals surface area contributed by atoms with Crippen LogP contribution in [0.25, 0.3) is 10.9 Å². The molecule has 3 N–H and O–H groups in total. The van der Waals surface area contributed by atoms with Gasteiger partial charge in [0.15, 0.2) is 4.77 Å². The van der Waals surface area contributed by atoms with Crippen LogP contribution in [0.5, 0.6) is 0 Å². The first-order valence-electron chi connectivity index (χ1n) is 5.12. The molecule has 1 aromatic carbocycles. The van der Waals surface area contributed by atoms with Crippen molar-refractivity contribution in [3.63, 3.8) is 0 Å². The number of fused-ring (bicyclic) bond motifs is 1. The quantitative estimate of drug-likeness (QED) is 0.718. The first kappa shape index (κ1) is 13.0. The van der Waals surface area contributed by atoms with E-state index in [1.54, 1.807) is 0 Å². The second-order valence-corrected chi connectivity index (χ2v) is 4.17. The van der Waals surface area contributed by atoms with Gasteiger partial charge in [-0.15, -0.1) is 0 Å². The Bertz CT molecular complexity index is 805. The maximum absolute atomic E-state index is 12.0. The fourth-order valence-corrected chi connectivity index (χ4v) is 1.92. The van der Waals surface area contributed by atoms with Crippen LogP contribution in [0.1, 0.15) is 10.4 Å². The van der Waals surface area contributed by atoms with Gasteiger partial charge in [0.25, 0.3) is 5.56 Å². The van der Waals surface area contributed by atoms with Crippen LogP contribution in [-0.4, -0.2) is 31.7 Å². The Balaban J connectivity index is 2.77. The van der Waals surface area contributed by atoms with Crippen LogP contribution < -0.4 is 5.56 Å². The molecule has 1 heterocycles. The molecule has 0 amide bonds. The van der Waals surface area contributed by atoms with E-state index in [4.69, 9.17) is 22.4 Å². The molecule has 0 spiro atoms. The van der Waals surface area contributed by atoms with Crippen LogP contribution in [-0.2, 0) is 11.3 Å². The molecule has 7 nitrogen and oxygen atoms in total. The average Bonchev–Trinajstić information content (AvgIpc) is 2.33. The van der Waals surface area contributed by atoms with Crippen molar-refractivity contribution in [1.82, 2.24) is 9.55 Å². The first-order valence-corrected chi connectivity index (χ1v) is 5.53. The molecule has 0 aliphatic rings. The molecule has 0 radical (unpaired) electrons. The molecular formula is C11H8N2O5S. The summed E-state index contributed by atoms with van der Waals surface area (Å²) in [5.41, 5.74) is -0.303. The lowest BCUT2D eigenvalue weighted by molar-refractivity contribution is -0.137. The molecule has 2 aromatic rings. The number of carboxylic acids is 2. The van der Waals surface area contributed by atoms with Crippen LogP contribution in [0.3, 0.4) is 0 Å². The topological polar surface area (TPSA) is 112 Å². The standard InChI is InChI=1S/C11H8N2O5S/c14-8(15)4-13-9(16)6-2-1-5(10(17)18)3-7(6)12-11(13)19/h1-3H,4H2,(H,12,19)(H,14,15)(H,17,18). The number of aromatic amines is 1. The van der Waals surface area contributed by atoms with Gasteiger partial charge in [0.1, 0.15) is 6.54 Å². The summed E-state index contributed by atoms with van der Waals surface area (Å²) < 4.78 is 0.836. The van der Waals surface area contributed by atoms with Gasteiger partial charge in [-0.1, -0.05) is 0 Å². The fourth-order valence-electron chi connectivity index (χ4n) is 1.67. The number of hydrogen-bond acceptors (Lipinski definition) is 4. The number of benzene rings is 1. The van der Waals surface area contributed by atoms with E-state index in [2.05, 4.69) is 4.98 Å². The van der Waals surface area contributed by atoms with E-state index >= 15 is 0 Å². The minimum atomic E-state index is -1.19. The van der Waals surface area contributed by atoms with Gasteiger partial charge in [-0.2, -0.15) is 0 Å². The summed E-state index contributed by atoms with van der Waals surface area (Å²) in [7, 11) is 0. The SMILES string of the molecule is O=C(O)Cn1c(=S)[nH]c2cc(C(=O)O)ccc2c1=O. The number of aromatic nitrogens is 2. The zero-order valence-electron chi connectivity index (χ0n) is 9.41. The molecule has 19 heavy (non-hydrogen) atoms. The highest BCUT2D eigenvalue weighted by Crippen LogP contribution is 2.10. The number of carbonyl (C=O) groups is 2. The van der Waals surface area contributed by atoms with E-state index < -0.39 is 24.0 Å². The molecule has 0 aliphatic heterocycles. The highest BCUT2D eigenvalue weighted by molar-refractivity contribution is 7.71. The number of nitrogens with zero attached hydrogens (tertiary/aromatic N) is 1. The van der Waals surface area contributed by atoms with Crippen molar-refractivity contribution >= 4 is 35.1 Å². The average molecular weight is 280 g/mol. The van der Waals surface area contributed by atoms with Gasteiger partial charge in [-0.25, -0.2) is 4.79 Å². The zero-order chi connectivity index (χ0) is 14.2. The Morgan fingerprint density at radius 2 is 2.00 bits per heavy atom. The maximum Gasteiger partial charge on any atom is 0.335 e. The van der Waals surface area contributed by atoms with Gasteiger partial charge in [0, 0.05) is 0 Å². The van der Waals surface area contributed by atoms with Gasteiger partial charge >= 0.3 is 11.9 Å². The Hall–Kier alpha value is -2.48. The summed E-state index contributed by atoms with van der Waals surface area (Å²) >= 11 is 4.89. The normalized spacial score (nSPS) is 10.5. The molecule has 0 unspecified atom stereocenters. The molecule has 0 saturated carbocycles. The van der Waals surface area contributed by atoms with Crippen LogP contribution in [0, 0.1) is 4.77 Å². The summed E-state index contributed by atoms with van der Waals surface area (Å²) in [5, 5.41) is 17.7. The van der Waals surface area contributed by atoms with Gasteiger partial charge in [-0.3, -0.25) is 14.2 Å². The molecule has 0 saturated heterocycles. The van der Waals surface area contributed by atoms with Crippen molar-refractivity contribution < 1.29 is 19.8 Å².